The highest BCUT2D eigenvalue weighted by atomic mass is 16.3. The van der Waals surface area contributed by atoms with Crippen LogP contribution in [-0.2, 0) is 10.2 Å². The van der Waals surface area contributed by atoms with Crippen molar-refractivity contribution >= 4 is 5.91 Å². The predicted octanol–water partition coefficient (Wildman–Crippen LogP) is 3.11. The highest BCUT2D eigenvalue weighted by Crippen LogP contribution is 2.63. The number of benzene rings is 1. The number of H-pyrrole nitrogens is 1. The molecule has 4 bridgehead atoms. The van der Waals surface area contributed by atoms with E-state index in [-0.39, 0.29) is 16.9 Å². The van der Waals surface area contributed by atoms with Crippen molar-refractivity contribution in [1.29, 1.82) is 0 Å². The van der Waals surface area contributed by atoms with E-state index in [1.165, 1.54) is 11.1 Å². The molecular weight excluding hydrogens is 400 g/mol. The molecule has 4 aliphatic carbocycles. The Kier molecular flexibility index (Phi) is 4.74. The summed E-state index contributed by atoms with van der Waals surface area (Å²) in [7, 11) is 0. The van der Waals surface area contributed by atoms with Gasteiger partial charge in [-0.05, 0) is 87.4 Å². The summed E-state index contributed by atoms with van der Waals surface area (Å²) in [5, 5.41) is 21.9. The Morgan fingerprint density at radius 2 is 1.94 bits per heavy atom. The van der Waals surface area contributed by atoms with Gasteiger partial charge in [-0.3, -0.25) is 14.8 Å². The van der Waals surface area contributed by atoms with Gasteiger partial charge in [-0.1, -0.05) is 30.3 Å². The van der Waals surface area contributed by atoms with Gasteiger partial charge >= 0.3 is 0 Å². The lowest BCUT2D eigenvalue weighted by Gasteiger charge is -2.65. The predicted molar refractivity (Wildman–Crippen MR) is 122 cm³/mol. The number of hydrogen-bond donors (Lipinski definition) is 3. The molecule has 7 rings (SSSR count). The molecular formula is C26H34N4O2. The molecule has 3 N–H and O–H groups in total. The number of likely N-dealkylation sites (tertiary alicyclic amines) is 1. The van der Waals surface area contributed by atoms with Crippen LogP contribution in [0.5, 0.6) is 0 Å². The second-order valence-electron chi connectivity index (χ2n) is 11.3. The first-order chi connectivity index (χ1) is 15.5. The van der Waals surface area contributed by atoms with Crippen LogP contribution in [0.4, 0.5) is 0 Å². The van der Waals surface area contributed by atoms with Gasteiger partial charge in [0.1, 0.15) is 0 Å². The fourth-order valence-corrected chi connectivity index (χ4v) is 8.09. The number of amides is 1. The van der Waals surface area contributed by atoms with E-state index in [0.29, 0.717) is 24.8 Å². The van der Waals surface area contributed by atoms with E-state index in [2.05, 4.69) is 50.7 Å². The maximum absolute atomic E-state index is 13.2. The van der Waals surface area contributed by atoms with Crippen LogP contribution in [0.25, 0.3) is 0 Å². The van der Waals surface area contributed by atoms with Crippen LogP contribution in [0.1, 0.15) is 68.4 Å². The number of nitrogens with one attached hydrogen (secondary N) is 2. The van der Waals surface area contributed by atoms with Crippen molar-refractivity contribution in [2.24, 2.45) is 5.92 Å². The van der Waals surface area contributed by atoms with Gasteiger partial charge in [-0.2, -0.15) is 5.10 Å². The molecule has 6 nitrogen and oxygen atoms in total. The number of aliphatic hydroxyl groups is 1. The van der Waals surface area contributed by atoms with E-state index in [1.54, 1.807) is 0 Å². The first-order valence-corrected chi connectivity index (χ1v) is 12.3. The normalized spacial score (nSPS) is 37.0. The Bertz CT molecular complexity index is 971. The molecule has 1 aromatic heterocycles. The van der Waals surface area contributed by atoms with E-state index >= 15 is 0 Å². The molecule has 5 aliphatic rings. The molecule has 0 radical (unpaired) electrons. The molecule has 6 heteroatoms. The van der Waals surface area contributed by atoms with Crippen molar-refractivity contribution in [3.63, 3.8) is 0 Å². The molecule has 2 aromatic rings. The summed E-state index contributed by atoms with van der Waals surface area (Å²) in [5.41, 5.74) is 1.69. The van der Waals surface area contributed by atoms with Gasteiger partial charge in [0.15, 0.2) is 0 Å². The standard InChI is InChI=1S/C26H34N4O2/c31-23(15-30-8-6-20(7-9-30)21-13-27-28-14-21)29-25-11-19-10-24(16-25,17-26(32,12-19)18-25)22-4-2-1-3-5-22/h1-5,13-14,19-20,32H,6-12,15-18H2,(H,27,28)(H,29,31)/t19-,24+,25+,26-/m0/s1. The molecule has 0 spiro atoms. The lowest BCUT2D eigenvalue weighted by molar-refractivity contribution is -0.160. The fourth-order valence-electron chi connectivity index (χ4n) is 8.09. The van der Waals surface area contributed by atoms with Crippen LogP contribution in [0.2, 0.25) is 0 Å². The number of carbonyl (C=O) groups excluding carboxylic acids is 1. The third-order valence-electron chi connectivity index (χ3n) is 8.78. The molecule has 170 valence electrons. The summed E-state index contributed by atoms with van der Waals surface area (Å²) >= 11 is 0. The number of aromatic nitrogens is 2. The minimum atomic E-state index is -0.647. The number of carbonyl (C=O) groups is 1. The third-order valence-corrected chi connectivity index (χ3v) is 8.78. The Labute approximate surface area is 189 Å². The molecule has 32 heavy (non-hydrogen) atoms. The van der Waals surface area contributed by atoms with E-state index < -0.39 is 5.60 Å². The Morgan fingerprint density at radius 1 is 1.12 bits per heavy atom. The summed E-state index contributed by atoms with van der Waals surface area (Å²) in [6, 6.07) is 10.7. The van der Waals surface area contributed by atoms with Gasteiger partial charge in [0, 0.05) is 17.2 Å². The summed E-state index contributed by atoms with van der Waals surface area (Å²) < 4.78 is 0. The van der Waals surface area contributed by atoms with Crippen LogP contribution in [0.3, 0.4) is 0 Å². The van der Waals surface area contributed by atoms with Crippen molar-refractivity contribution in [3.05, 3.63) is 53.9 Å². The third kappa shape index (κ3) is 3.57. The van der Waals surface area contributed by atoms with Gasteiger partial charge in [-0.25, -0.2) is 0 Å². The average Bonchev–Trinajstić information content (AvgIpc) is 3.28. The SMILES string of the molecule is O=C(CN1CCC(c2cn[nH]c2)CC1)N[C@@]12C[C@H]3C[C@@](O)(C1)C[C@@](c1ccccc1)(C3)C2. The van der Waals surface area contributed by atoms with Gasteiger partial charge in [-0.15, -0.1) is 0 Å². The monoisotopic (exact) mass is 434 g/mol. The summed E-state index contributed by atoms with van der Waals surface area (Å²) in [6.07, 6.45) is 11.6. The van der Waals surface area contributed by atoms with E-state index in [1.807, 2.05) is 12.4 Å². The van der Waals surface area contributed by atoms with Gasteiger partial charge in [0.05, 0.1) is 18.3 Å². The van der Waals surface area contributed by atoms with Gasteiger partial charge in [0.2, 0.25) is 5.91 Å². The number of piperidine rings is 1. The second kappa shape index (κ2) is 7.42. The molecule has 0 unspecified atom stereocenters. The first-order valence-electron chi connectivity index (χ1n) is 12.3. The summed E-state index contributed by atoms with van der Waals surface area (Å²) in [6.45, 7) is 2.34. The topological polar surface area (TPSA) is 81.2 Å². The van der Waals surface area contributed by atoms with Crippen molar-refractivity contribution in [1.82, 2.24) is 20.4 Å². The average molecular weight is 435 g/mol. The molecule has 5 fully saturated rings. The van der Waals surface area contributed by atoms with Crippen LogP contribution < -0.4 is 5.32 Å². The van der Waals surface area contributed by atoms with Crippen LogP contribution in [-0.4, -0.2) is 56.9 Å². The molecule has 1 aromatic carbocycles. The number of rotatable bonds is 5. The van der Waals surface area contributed by atoms with E-state index in [0.717, 1.165) is 58.0 Å². The highest BCUT2D eigenvalue weighted by Gasteiger charge is 2.63. The number of hydrogen-bond acceptors (Lipinski definition) is 4. The van der Waals surface area contributed by atoms with Gasteiger partial charge < -0.3 is 10.4 Å². The largest absolute Gasteiger partial charge is 0.390 e. The molecule has 4 saturated carbocycles. The van der Waals surface area contributed by atoms with Crippen LogP contribution in [0, 0.1) is 5.92 Å². The zero-order valence-corrected chi connectivity index (χ0v) is 18.7. The molecule has 2 heterocycles. The maximum atomic E-state index is 13.2. The minimum Gasteiger partial charge on any atom is -0.390 e. The number of aromatic amines is 1. The minimum absolute atomic E-state index is 0.00829. The smallest absolute Gasteiger partial charge is 0.234 e. The molecule has 4 atom stereocenters. The van der Waals surface area contributed by atoms with Crippen molar-refractivity contribution in [2.45, 2.75) is 73.8 Å². The Hall–Kier alpha value is -2.18. The zero-order valence-electron chi connectivity index (χ0n) is 18.7. The van der Waals surface area contributed by atoms with Crippen LogP contribution >= 0.6 is 0 Å². The van der Waals surface area contributed by atoms with Crippen molar-refractivity contribution in [2.75, 3.05) is 19.6 Å². The Balaban J connectivity index is 1.14. The van der Waals surface area contributed by atoms with E-state index in [4.69, 9.17) is 0 Å². The second-order valence-corrected chi connectivity index (χ2v) is 11.3. The van der Waals surface area contributed by atoms with E-state index in [9.17, 15) is 9.90 Å². The summed E-state index contributed by atoms with van der Waals surface area (Å²) in [4.78, 5) is 15.5. The highest BCUT2D eigenvalue weighted by molar-refractivity contribution is 5.79. The Morgan fingerprint density at radius 3 is 2.66 bits per heavy atom. The quantitative estimate of drug-likeness (QED) is 0.675. The maximum Gasteiger partial charge on any atom is 0.234 e. The van der Waals surface area contributed by atoms with Crippen LogP contribution in [0.15, 0.2) is 42.7 Å². The molecule has 1 saturated heterocycles. The van der Waals surface area contributed by atoms with Crippen molar-refractivity contribution in [3.8, 4) is 0 Å². The number of nitrogens with zero attached hydrogens (tertiary/aromatic N) is 2. The lowest BCUT2D eigenvalue weighted by atomic mass is 9.44. The fraction of sp³-hybridized carbons (Fsp3) is 0.615. The lowest BCUT2D eigenvalue weighted by Crippen LogP contribution is -2.70. The molecule has 1 amide bonds. The first kappa shape index (κ1) is 20.4. The van der Waals surface area contributed by atoms with Gasteiger partial charge in [0.25, 0.3) is 0 Å². The zero-order chi connectivity index (χ0) is 21.8. The molecule has 1 aliphatic heterocycles. The van der Waals surface area contributed by atoms with Crippen molar-refractivity contribution < 1.29 is 9.90 Å². The summed E-state index contributed by atoms with van der Waals surface area (Å²) in [5.74, 6) is 1.15.